The largest absolute Gasteiger partial charge is 0.345 e. The van der Waals surface area contributed by atoms with E-state index in [1.807, 2.05) is 11.0 Å². The number of nitrogens with zero attached hydrogens (tertiary/aromatic N) is 4. The Balaban J connectivity index is 1.67. The SMILES string of the molecule is CC(C)(C)c1nccc(N2CCN(Cc3ccc(F)cc3)C(=O)C2)n1. The molecule has 0 N–H and O–H groups in total. The Morgan fingerprint density at radius 1 is 1.12 bits per heavy atom. The molecule has 1 saturated heterocycles. The number of carbonyl (C=O) groups is 1. The highest BCUT2D eigenvalue weighted by atomic mass is 19.1. The highest BCUT2D eigenvalue weighted by Gasteiger charge is 2.26. The zero-order valence-electron chi connectivity index (χ0n) is 14.9. The maximum Gasteiger partial charge on any atom is 0.242 e. The quantitative estimate of drug-likeness (QED) is 0.861. The lowest BCUT2D eigenvalue weighted by Crippen LogP contribution is -2.50. The number of benzene rings is 1. The van der Waals surface area contributed by atoms with Crippen molar-refractivity contribution in [1.82, 2.24) is 14.9 Å². The minimum atomic E-state index is -0.265. The molecule has 1 aromatic heterocycles. The fraction of sp³-hybridized carbons (Fsp3) is 0.421. The lowest BCUT2D eigenvalue weighted by atomic mass is 9.96. The van der Waals surface area contributed by atoms with Gasteiger partial charge in [0.25, 0.3) is 0 Å². The number of halogens is 1. The predicted octanol–water partition coefficient (Wildman–Crippen LogP) is 2.76. The van der Waals surface area contributed by atoms with Gasteiger partial charge in [-0.05, 0) is 23.8 Å². The molecular weight excluding hydrogens is 319 g/mol. The molecule has 0 bridgehead atoms. The summed E-state index contributed by atoms with van der Waals surface area (Å²) in [6.07, 6.45) is 1.75. The molecule has 0 aliphatic carbocycles. The molecule has 1 aliphatic heterocycles. The van der Waals surface area contributed by atoms with Gasteiger partial charge in [-0.25, -0.2) is 14.4 Å². The van der Waals surface area contributed by atoms with Crippen molar-refractivity contribution in [2.45, 2.75) is 32.7 Å². The Hall–Kier alpha value is -2.50. The van der Waals surface area contributed by atoms with Crippen LogP contribution in [0.5, 0.6) is 0 Å². The van der Waals surface area contributed by atoms with Crippen LogP contribution in [-0.2, 0) is 16.8 Å². The topological polar surface area (TPSA) is 49.3 Å². The van der Waals surface area contributed by atoms with Gasteiger partial charge in [-0.3, -0.25) is 4.79 Å². The van der Waals surface area contributed by atoms with Gasteiger partial charge in [0.1, 0.15) is 17.5 Å². The molecule has 2 aromatic rings. The van der Waals surface area contributed by atoms with Crippen molar-refractivity contribution in [3.8, 4) is 0 Å². The smallest absolute Gasteiger partial charge is 0.242 e. The lowest BCUT2D eigenvalue weighted by molar-refractivity contribution is -0.131. The van der Waals surface area contributed by atoms with Crippen molar-refractivity contribution in [2.75, 3.05) is 24.5 Å². The summed E-state index contributed by atoms with van der Waals surface area (Å²) in [6, 6.07) is 8.12. The third-order valence-corrected chi connectivity index (χ3v) is 4.24. The van der Waals surface area contributed by atoms with Gasteiger partial charge in [0.05, 0.1) is 6.54 Å². The van der Waals surface area contributed by atoms with Gasteiger partial charge in [0.2, 0.25) is 5.91 Å². The Kier molecular flexibility index (Phi) is 4.70. The molecule has 0 atom stereocenters. The molecule has 5 nitrogen and oxygen atoms in total. The molecule has 1 aromatic carbocycles. The Morgan fingerprint density at radius 3 is 2.48 bits per heavy atom. The first kappa shape index (κ1) is 17.3. The molecule has 1 aliphatic rings. The monoisotopic (exact) mass is 342 g/mol. The first-order valence-electron chi connectivity index (χ1n) is 8.43. The van der Waals surface area contributed by atoms with Gasteiger partial charge in [0.15, 0.2) is 0 Å². The molecule has 0 saturated carbocycles. The van der Waals surface area contributed by atoms with E-state index in [9.17, 15) is 9.18 Å². The summed E-state index contributed by atoms with van der Waals surface area (Å²) in [5, 5.41) is 0. The van der Waals surface area contributed by atoms with E-state index in [-0.39, 0.29) is 17.1 Å². The van der Waals surface area contributed by atoms with Gasteiger partial charge in [-0.1, -0.05) is 32.9 Å². The van der Waals surface area contributed by atoms with Crippen molar-refractivity contribution < 1.29 is 9.18 Å². The number of hydrogen-bond acceptors (Lipinski definition) is 4. The maximum absolute atomic E-state index is 13.0. The number of amides is 1. The van der Waals surface area contributed by atoms with Crippen LogP contribution < -0.4 is 4.90 Å². The van der Waals surface area contributed by atoms with Gasteiger partial charge in [-0.15, -0.1) is 0 Å². The lowest BCUT2D eigenvalue weighted by Gasteiger charge is -2.35. The third kappa shape index (κ3) is 4.13. The number of anilines is 1. The Bertz CT molecular complexity index is 755. The minimum Gasteiger partial charge on any atom is -0.345 e. The number of aromatic nitrogens is 2. The molecule has 0 radical (unpaired) electrons. The highest BCUT2D eigenvalue weighted by Crippen LogP contribution is 2.21. The van der Waals surface area contributed by atoms with E-state index in [4.69, 9.17) is 0 Å². The van der Waals surface area contributed by atoms with E-state index in [1.54, 1.807) is 23.2 Å². The first-order valence-corrected chi connectivity index (χ1v) is 8.43. The van der Waals surface area contributed by atoms with Crippen molar-refractivity contribution >= 4 is 11.7 Å². The average molecular weight is 342 g/mol. The zero-order valence-corrected chi connectivity index (χ0v) is 14.9. The van der Waals surface area contributed by atoms with Crippen LogP contribution in [0, 0.1) is 5.82 Å². The van der Waals surface area contributed by atoms with Gasteiger partial charge in [0, 0.05) is 31.2 Å². The number of hydrogen-bond donors (Lipinski definition) is 0. The minimum absolute atomic E-state index is 0.0477. The number of carbonyl (C=O) groups excluding carboxylic acids is 1. The second-order valence-corrected chi connectivity index (χ2v) is 7.35. The van der Waals surface area contributed by atoms with Crippen LogP contribution in [0.1, 0.15) is 32.2 Å². The second kappa shape index (κ2) is 6.78. The van der Waals surface area contributed by atoms with Gasteiger partial charge >= 0.3 is 0 Å². The zero-order chi connectivity index (χ0) is 18.0. The fourth-order valence-electron chi connectivity index (χ4n) is 2.77. The van der Waals surface area contributed by atoms with E-state index in [0.29, 0.717) is 26.2 Å². The van der Waals surface area contributed by atoms with Crippen molar-refractivity contribution in [3.05, 3.63) is 53.7 Å². The van der Waals surface area contributed by atoms with Crippen molar-refractivity contribution in [3.63, 3.8) is 0 Å². The van der Waals surface area contributed by atoms with Crippen LogP contribution >= 0.6 is 0 Å². The van der Waals surface area contributed by atoms with E-state index in [2.05, 4.69) is 30.7 Å². The first-order chi connectivity index (χ1) is 11.8. The summed E-state index contributed by atoms with van der Waals surface area (Å²) >= 11 is 0. The maximum atomic E-state index is 13.0. The normalized spacial score (nSPS) is 15.6. The number of rotatable bonds is 3. The van der Waals surface area contributed by atoms with Crippen LogP contribution in [0.3, 0.4) is 0 Å². The molecule has 1 amide bonds. The van der Waals surface area contributed by atoms with Gasteiger partial charge < -0.3 is 9.80 Å². The Labute approximate surface area is 147 Å². The molecular formula is C19H23FN4O. The summed E-state index contributed by atoms with van der Waals surface area (Å²) < 4.78 is 13.0. The molecule has 0 unspecified atom stereocenters. The van der Waals surface area contributed by atoms with E-state index in [0.717, 1.165) is 17.2 Å². The molecule has 132 valence electrons. The Morgan fingerprint density at radius 2 is 1.84 bits per heavy atom. The summed E-state index contributed by atoms with van der Waals surface area (Å²) in [7, 11) is 0. The predicted molar refractivity (Wildman–Crippen MR) is 94.8 cm³/mol. The summed E-state index contributed by atoms with van der Waals surface area (Å²) in [5.41, 5.74) is 0.796. The van der Waals surface area contributed by atoms with Crippen LogP contribution in [0.4, 0.5) is 10.2 Å². The molecule has 6 heteroatoms. The van der Waals surface area contributed by atoms with Crippen LogP contribution in [0.25, 0.3) is 0 Å². The summed E-state index contributed by atoms with van der Waals surface area (Å²) in [5.74, 6) is 1.34. The fourth-order valence-corrected chi connectivity index (χ4v) is 2.77. The standard InChI is InChI=1S/C19H23FN4O/c1-19(2,3)18-21-9-8-16(22-18)23-10-11-24(17(25)13-23)12-14-4-6-15(20)7-5-14/h4-9H,10-13H2,1-3H3. The van der Waals surface area contributed by atoms with E-state index < -0.39 is 0 Å². The number of piperazine rings is 1. The molecule has 3 rings (SSSR count). The summed E-state index contributed by atoms with van der Waals surface area (Å²) in [6.45, 7) is 8.33. The second-order valence-electron chi connectivity index (χ2n) is 7.35. The third-order valence-electron chi connectivity index (χ3n) is 4.24. The van der Waals surface area contributed by atoms with E-state index >= 15 is 0 Å². The molecule has 0 spiro atoms. The molecule has 25 heavy (non-hydrogen) atoms. The molecule has 1 fully saturated rings. The average Bonchev–Trinajstić information content (AvgIpc) is 2.58. The molecule has 2 heterocycles. The van der Waals surface area contributed by atoms with E-state index in [1.165, 1.54) is 12.1 Å². The highest BCUT2D eigenvalue weighted by molar-refractivity contribution is 5.82. The van der Waals surface area contributed by atoms with Crippen LogP contribution in [0.2, 0.25) is 0 Å². The van der Waals surface area contributed by atoms with Crippen LogP contribution in [0.15, 0.2) is 36.5 Å². The van der Waals surface area contributed by atoms with Crippen molar-refractivity contribution in [1.29, 1.82) is 0 Å². The van der Waals surface area contributed by atoms with Crippen LogP contribution in [-0.4, -0.2) is 40.4 Å². The van der Waals surface area contributed by atoms with Crippen molar-refractivity contribution in [2.24, 2.45) is 0 Å². The summed E-state index contributed by atoms with van der Waals surface area (Å²) in [4.78, 5) is 25.2. The van der Waals surface area contributed by atoms with Gasteiger partial charge in [-0.2, -0.15) is 0 Å².